The lowest BCUT2D eigenvalue weighted by Crippen LogP contribution is -2.26. The van der Waals surface area contributed by atoms with Crippen LogP contribution >= 0.6 is 8.58 Å². The SMILES string of the molecule is CCN(Cc1ccccc1)Cc1cccc(C)c1Pc1cc(C)cc(C(C)(C)C)c1O. The van der Waals surface area contributed by atoms with Crippen LogP contribution in [0.15, 0.2) is 60.7 Å². The maximum absolute atomic E-state index is 11.1. The maximum atomic E-state index is 11.1. The number of phenolic OH excluding ortho intramolecular Hbond substituents is 1. The lowest BCUT2D eigenvalue weighted by Gasteiger charge is -2.25. The Bertz CT molecular complexity index is 1020. The van der Waals surface area contributed by atoms with Gasteiger partial charge in [-0.25, -0.2) is 0 Å². The molecule has 0 spiro atoms. The van der Waals surface area contributed by atoms with Crippen LogP contribution in [0.4, 0.5) is 0 Å². The van der Waals surface area contributed by atoms with Crippen LogP contribution in [0.1, 0.15) is 55.5 Å². The van der Waals surface area contributed by atoms with E-state index in [0.717, 1.165) is 30.5 Å². The van der Waals surface area contributed by atoms with E-state index in [4.69, 9.17) is 0 Å². The number of benzene rings is 3. The smallest absolute Gasteiger partial charge is 0.127 e. The minimum atomic E-state index is -0.0847. The van der Waals surface area contributed by atoms with Crippen molar-refractivity contribution < 1.29 is 5.11 Å². The zero-order valence-corrected chi connectivity index (χ0v) is 20.8. The highest BCUT2D eigenvalue weighted by molar-refractivity contribution is 7.56. The minimum Gasteiger partial charge on any atom is -0.507 e. The molecule has 0 aliphatic rings. The predicted molar refractivity (Wildman–Crippen MR) is 137 cm³/mol. The Balaban J connectivity index is 1.93. The number of rotatable bonds is 7. The van der Waals surface area contributed by atoms with Crippen molar-refractivity contribution >= 4 is 19.2 Å². The lowest BCUT2D eigenvalue weighted by atomic mass is 9.85. The highest BCUT2D eigenvalue weighted by Gasteiger charge is 2.22. The first kappa shape index (κ1) is 23.5. The molecule has 0 saturated heterocycles. The fourth-order valence-corrected chi connectivity index (χ4v) is 5.41. The van der Waals surface area contributed by atoms with E-state index in [2.05, 4.69) is 107 Å². The number of hydrogen-bond acceptors (Lipinski definition) is 2. The van der Waals surface area contributed by atoms with E-state index in [1.54, 1.807) is 0 Å². The van der Waals surface area contributed by atoms with E-state index in [1.165, 1.54) is 27.6 Å². The average molecular weight is 434 g/mol. The summed E-state index contributed by atoms with van der Waals surface area (Å²) in [5.74, 6) is 0.460. The first-order chi connectivity index (χ1) is 14.7. The Morgan fingerprint density at radius 1 is 0.903 bits per heavy atom. The average Bonchev–Trinajstić information content (AvgIpc) is 2.72. The normalized spacial score (nSPS) is 12.2. The first-order valence-corrected chi connectivity index (χ1v) is 12.1. The molecular weight excluding hydrogens is 397 g/mol. The third kappa shape index (κ3) is 5.97. The summed E-state index contributed by atoms with van der Waals surface area (Å²) in [6, 6.07) is 21.6. The summed E-state index contributed by atoms with van der Waals surface area (Å²) in [5, 5.41) is 13.5. The number of hydrogen-bond donors (Lipinski definition) is 1. The molecule has 3 heteroatoms. The van der Waals surface area contributed by atoms with E-state index in [1.807, 2.05) is 0 Å². The van der Waals surface area contributed by atoms with E-state index < -0.39 is 0 Å². The van der Waals surface area contributed by atoms with Crippen LogP contribution in [0.2, 0.25) is 0 Å². The summed E-state index contributed by atoms with van der Waals surface area (Å²) in [4.78, 5) is 2.48. The Labute approximate surface area is 190 Å². The first-order valence-electron chi connectivity index (χ1n) is 11.1. The van der Waals surface area contributed by atoms with Gasteiger partial charge in [-0.3, -0.25) is 4.90 Å². The van der Waals surface area contributed by atoms with Gasteiger partial charge in [0, 0.05) is 24.0 Å². The van der Waals surface area contributed by atoms with Crippen molar-refractivity contribution in [2.45, 2.75) is 60.0 Å². The van der Waals surface area contributed by atoms with Crippen molar-refractivity contribution in [3.05, 3.63) is 88.5 Å². The molecular formula is C28H36NOP. The monoisotopic (exact) mass is 433 g/mol. The van der Waals surface area contributed by atoms with Gasteiger partial charge in [0.05, 0.1) is 0 Å². The number of phenols is 1. The Hall–Kier alpha value is -2.15. The van der Waals surface area contributed by atoms with Gasteiger partial charge in [-0.15, -0.1) is 0 Å². The summed E-state index contributed by atoms with van der Waals surface area (Å²) in [7, 11) is 0.437. The van der Waals surface area contributed by atoms with Crippen LogP contribution in [-0.4, -0.2) is 16.6 Å². The van der Waals surface area contributed by atoms with Gasteiger partial charge in [0.25, 0.3) is 0 Å². The standard InChI is InChI=1S/C28H36NOP/c1-7-29(18-22-13-9-8-10-14-22)19-23-15-11-12-21(3)27(23)31-25-17-20(2)16-24(26(25)30)28(4,5)6/h8-17,30-31H,7,18-19H2,1-6H3. The van der Waals surface area contributed by atoms with Crippen molar-refractivity contribution in [2.24, 2.45) is 0 Å². The molecule has 0 heterocycles. The molecule has 1 N–H and O–H groups in total. The molecule has 1 atom stereocenters. The molecule has 0 saturated carbocycles. The molecule has 0 bridgehead atoms. The highest BCUT2D eigenvalue weighted by atomic mass is 31.1. The Morgan fingerprint density at radius 3 is 2.26 bits per heavy atom. The molecule has 3 rings (SSSR count). The number of nitrogens with zero attached hydrogens (tertiary/aromatic N) is 1. The number of aryl methyl sites for hydroxylation is 2. The van der Waals surface area contributed by atoms with Gasteiger partial charge in [-0.1, -0.05) is 90.9 Å². The molecule has 0 fully saturated rings. The Kier molecular flexibility index (Phi) is 7.57. The van der Waals surface area contributed by atoms with Crippen LogP contribution in [-0.2, 0) is 18.5 Å². The third-order valence-electron chi connectivity index (χ3n) is 5.77. The second kappa shape index (κ2) is 9.98. The second-order valence-corrected chi connectivity index (χ2v) is 10.8. The molecule has 3 aromatic carbocycles. The van der Waals surface area contributed by atoms with Crippen LogP contribution in [0, 0.1) is 13.8 Å². The largest absolute Gasteiger partial charge is 0.507 e. The van der Waals surface area contributed by atoms with Gasteiger partial charge in [0.1, 0.15) is 5.75 Å². The van der Waals surface area contributed by atoms with E-state index in [0.29, 0.717) is 14.3 Å². The van der Waals surface area contributed by atoms with Gasteiger partial charge in [0.15, 0.2) is 0 Å². The van der Waals surface area contributed by atoms with E-state index in [-0.39, 0.29) is 5.41 Å². The molecule has 31 heavy (non-hydrogen) atoms. The summed E-state index contributed by atoms with van der Waals surface area (Å²) >= 11 is 0. The summed E-state index contributed by atoms with van der Waals surface area (Å²) in [5.41, 5.74) is 6.15. The predicted octanol–water partition coefficient (Wildman–Crippen LogP) is 5.96. The molecule has 0 aliphatic carbocycles. The number of aromatic hydroxyl groups is 1. The second-order valence-electron chi connectivity index (χ2n) is 9.48. The third-order valence-corrected chi connectivity index (χ3v) is 7.39. The van der Waals surface area contributed by atoms with Gasteiger partial charge >= 0.3 is 0 Å². The van der Waals surface area contributed by atoms with Crippen molar-refractivity contribution in [3.63, 3.8) is 0 Å². The fraction of sp³-hybridized carbons (Fsp3) is 0.357. The van der Waals surface area contributed by atoms with Gasteiger partial charge in [-0.05, 0) is 59.4 Å². The molecule has 0 aromatic heterocycles. The minimum absolute atomic E-state index is 0.0847. The van der Waals surface area contributed by atoms with Crippen molar-refractivity contribution in [2.75, 3.05) is 6.54 Å². The van der Waals surface area contributed by atoms with Crippen molar-refractivity contribution in [1.29, 1.82) is 0 Å². The highest BCUT2D eigenvalue weighted by Crippen LogP contribution is 2.34. The van der Waals surface area contributed by atoms with Crippen LogP contribution in [0.25, 0.3) is 0 Å². The van der Waals surface area contributed by atoms with Crippen molar-refractivity contribution in [1.82, 2.24) is 4.90 Å². The molecule has 0 radical (unpaired) electrons. The van der Waals surface area contributed by atoms with Crippen LogP contribution in [0.3, 0.4) is 0 Å². The molecule has 2 nitrogen and oxygen atoms in total. The van der Waals surface area contributed by atoms with Crippen LogP contribution in [0.5, 0.6) is 5.75 Å². The van der Waals surface area contributed by atoms with E-state index in [9.17, 15) is 5.11 Å². The maximum Gasteiger partial charge on any atom is 0.127 e. The van der Waals surface area contributed by atoms with Gasteiger partial charge in [0.2, 0.25) is 0 Å². The molecule has 3 aromatic rings. The lowest BCUT2D eigenvalue weighted by molar-refractivity contribution is 0.272. The molecule has 1 unspecified atom stereocenters. The summed E-state index contributed by atoms with van der Waals surface area (Å²) in [6.07, 6.45) is 0. The Morgan fingerprint density at radius 2 is 1.61 bits per heavy atom. The molecule has 164 valence electrons. The summed E-state index contributed by atoms with van der Waals surface area (Å²) in [6.45, 7) is 15.9. The zero-order chi connectivity index (χ0) is 22.6. The van der Waals surface area contributed by atoms with Gasteiger partial charge < -0.3 is 5.11 Å². The molecule has 0 amide bonds. The fourth-order valence-electron chi connectivity index (χ4n) is 3.98. The summed E-state index contributed by atoms with van der Waals surface area (Å²) < 4.78 is 0. The van der Waals surface area contributed by atoms with E-state index >= 15 is 0 Å². The van der Waals surface area contributed by atoms with Crippen molar-refractivity contribution in [3.8, 4) is 5.75 Å². The van der Waals surface area contributed by atoms with Crippen LogP contribution < -0.4 is 10.6 Å². The van der Waals surface area contributed by atoms with Gasteiger partial charge in [-0.2, -0.15) is 0 Å². The zero-order valence-electron chi connectivity index (χ0n) is 19.8. The topological polar surface area (TPSA) is 23.5 Å². The molecule has 0 aliphatic heterocycles. The quantitative estimate of drug-likeness (QED) is 0.465.